The second-order valence-corrected chi connectivity index (χ2v) is 8.20. The molecule has 0 aromatic heterocycles. The summed E-state index contributed by atoms with van der Waals surface area (Å²) in [5, 5.41) is 0. The van der Waals surface area contributed by atoms with E-state index in [1.165, 1.54) is 23.5 Å². The normalized spacial score (nSPS) is 11.4. The summed E-state index contributed by atoms with van der Waals surface area (Å²) < 4.78 is 49.3. The van der Waals surface area contributed by atoms with Gasteiger partial charge < -0.3 is 18.9 Å². The van der Waals surface area contributed by atoms with Crippen molar-refractivity contribution in [1.82, 2.24) is 4.31 Å². The van der Waals surface area contributed by atoms with Crippen LogP contribution < -0.4 is 18.9 Å². The van der Waals surface area contributed by atoms with Crippen molar-refractivity contribution in [3.63, 3.8) is 0 Å². The van der Waals surface area contributed by atoms with Gasteiger partial charge in [-0.1, -0.05) is 6.07 Å². The monoisotopic (exact) mass is 423 g/mol. The third-order valence-corrected chi connectivity index (χ3v) is 5.96. The first-order valence-corrected chi connectivity index (χ1v) is 11.0. The molecular formula is C21H29NO6S. The van der Waals surface area contributed by atoms with Gasteiger partial charge in [0, 0.05) is 19.7 Å². The number of hydrogen-bond acceptors (Lipinski definition) is 6. The van der Waals surface area contributed by atoms with Gasteiger partial charge in [-0.05, 0) is 50.6 Å². The number of ether oxygens (including phenoxy) is 4. The number of benzene rings is 2. The molecule has 0 fully saturated rings. The Morgan fingerprint density at radius 1 is 0.793 bits per heavy atom. The van der Waals surface area contributed by atoms with Crippen LogP contribution in [0.1, 0.15) is 26.3 Å². The van der Waals surface area contributed by atoms with E-state index in [-0.39, 0.29) is 11.4 Å². The topological polar surface area (TPSA) is 74.3 Å². The van der Waals surface area contributed by atoms with Gasteiger partial charge >= 0.3 is 0 Å². The molecule has 0 unspecified atom stereocenters. The molecule has 0 N–H and O–H groups in total. The van der Waals surface area contributed by atoms with Gasteiger partial charge in [-0.15, -0.1) is 0 Å². The van der Waals surface area contributed by atoms with Crippen LogP contribution in [0.2, 0.25) is 0 Å². The average molecular weight is 424 g/mol. The van der Waals surface area contributed by atoms with Crippen molar-refractivity contribution in [3.8, 4) is 23.0 Å². The molecule has 0 atom stereocenters. The van der Waals surface area contributed by atoms with Crippen molar-refractivity contribution in [1.29, 1.82) is 0 Å². The van der Waals surface area contributed by atoms with Gasteiger partial charge in [-0.2, -0.15) is 4.31 Å². The zero-order chi connectivity index (χ0) is 21.4. The van der Waals surface area contributed by atoms with E-state index in [0.29, 0.717) is 42.8 Å². The van der Waals surface area contributed by atoms with Gasteiger partial charge in [0.1, 0.15) is 0 Å². The van der Waals surface area contributed by atoms with E-state index in [4.69, 9.17) is 18.9 Å². The first-order valence-electron chi connectivity index (χ1n) is 9.53. The highest BCUT2D eigenvalue weighted by molar-refractivity contribution is 7.89. The van der Waals surface area contributed by atoms with E-state index >= 15 is 0 Å². The predicted molar refractivity (Wildman–Crippen MR) is 112 cm³/mol. The standard InChI is InChI=1S/C21H29NO6S/c1-6-26-18-11-9-16(13-20(18)25-5)15-22(4)29(23,24)17-10-12-19(27-7-2)21(14-17)28-8-3/h9-14H,6-8,15H2,1-5H3. The lowest BCUT2D eigenvalue weighted by atomic mass is 10.2. The van der Waals surface area contributed by atoms with Crippen LogP contribution in [-0.4, -0.2) is 46.7 Å². The van der Waals surface area contributed by atoms with E-state index in [0.717, 1.165) is 5.56 Å². The van der Waals surface area contributed by atoms with E-state index in [1.54, 1.807) is 25.3 Å². The molecule has 0 heterocycles. The fourth-order valence-corrected chi connectivity index (χ4v) is 3.97. The molecular weight excluding hydrogens is 394 g/mol. The molecule has 0 saturated carbocycles. The highest BCUT2D eigenvalue weighted by atomic mass is 32.2. The summed E-state index contributed by atoms with van der Waals surface area (Å²) >= 11 is 0. The third-order valence-electron chi connectivity index (χ3n) is 4.16. The number of sulfonamides is 1. The van der Waals surface area contributed by atoms with E-state index in [1.807, 2.05) is 26.8 Å². The summed E-state index contributed by atoms with van der Waals surface area (Å²) in [5.41, 5.74) is 0.785. The van der Waals surface area contributed by atoms with Crippen LogP contribution in [0, 0.1) is 0 Å². The highest BCUT2D eigenvalue weighted by Gasteiger charge is 2.23. The molecule has 0 aliphatic carbocycles. The molecule has 2 aromatic carbocycles. The summed E-state index contributed by atoms with van der Waals surface area (Å²) in [6.07, 6.45) is 0. The van der Waals surface area contributed by atoms with Gasteiger partial charge in [-0.3, -0.25) is 0 Å². The molecule has 0 spiro atoms. The molecule has 2 aromatic rings. The first-order chi connectivity index (χ1) is 13.9. The molecule has 29 heavy (non-hydrogen) atoms. The van der Waals surface area contributed by atoms with Crippen LogP contribution >= 0.6 is 0 Å². The summed E-state index contributed by atoms with van der Waals surface area (Å²) in [5.74, 6) is 2.12. The zero-order valence-electron chi connectivity index (χ0n) is 17.6. The lowest BCUT2D eigenvalue weighted by Gasteiger charge is -2.19. The zero-order valence-corrected chi connectivity index (χ0v) is 18.4. The van der Waals surface area contributed by atoms with Crippen molar-refractivity contribution in [2.75, 3.05) is 34.0 Å². The van der Waals surface area contributed by atoms with Gasteiger partial charge in [0.25, 0.3) is 0 Å². The van der Waals surface area contributed by atoms with Crippen LogP contribution in [0.4, 0.5) is 0 Å². The summed E-state index contributed by atoms with van der Waals surface area (Å²) in [6.45, 7) is 7.16. The molecule has 0 aliphatic heterocycles. The number of hydrogen-bond donors (Lipinski definition) is 0. The van der Waals surface area contributed by atoms with Crippen LogP contribution in [0.25, 0.3) is 0 Å². The number of methoxy groups -OCH3 is 1. The Morgan fingerprint density at radius 3 is 1.93 bits per heavy atom. The number of rotatable bonds is 11. The third kappa shape index (κ3) is 5.55. The Hall–Kier alpha value is -2.45. The first kappa shape index (κ1) is 22.8. The molecule has 0 saturated heterocycles. The quantitative estimate of drug-likeness (QED) is 0.549. The van der Waals surface area contributed by atoms with Crippen molar-refractivity contribution in [3.05, 3.63) is 42.0 Å². The van der Waals surface area contributed by atoms with Crippen molar-refractivity contribution in [2.45, 2.75) is 32.2 Å². The maximum atomic E-state index is 13.1. The SMILES string of the molecule is CCOc1ccc(CN(C)S(=O)(=O)c2ccc(OCC)c(OCC)c2)cc1OC. The molecule has 0 bridgehead atoms. The highest BCUT2D eigenvalue weighted by Crippen LogP contribution is 2.32. The Morgan fingerprint density at radius 2 is 1.34 bits per heavy atom. The molecule has 8 heteroatoms. The second-order valence-electron chi connectivity index (χ2n) is 6.15. The predicted octanol–water partition coefficient (Wildman–Crippen LogP) is 3.71. The van der Waals surface area contributed by atoms with Gasteiger partial charge in [-0.25, -0.2) is 8.42 Å². The van der Waals surface area contributed by atoms with Crippen molar-refractivity contribution in [2.24, 2.45) is 0 Å². The van der Waals surface area contributed by atoms with Gasteiger partial charge in [0.15, 0.2) is 23.0 Å². The van der Waals surface area contributed by atoms with E-state index in [2.05, 4.69) is 0 Å². The maximum Gasteiger partial charge on any atom is 0.243 e. The largest absolute Gasteiger partial charge is 0.493 e. The summed E-state index contributed by atoms with van der Waals surface area (Å²) in [4.78, 5) is 0.143. The Kier molecular flexibility index (Phi) is 8.16. The molecule has 0 amide bonds. The van der Waals surface area contributed by atoms with Crippen LogP contribution in [0.5, 0.6) is 23.0 Å². The Labute approximate surface area is 173 Å². The maximum absolute atomic E-state index is 13.1. The molecule has 160 valence electrons. The van der Waals surface area contributed by atoms with E-state index in [9.17, 15) is 8.42 Å². The average Bonchev–Trinajstić information content (AvgIpc) is 2.70. The lowest BCUT2D eigenvalue weighted by Crippen LogP contribution is -2.26. The summed E-state index contributed by atoms with van der Waals surface area (Å²) in [7, 11) is -0.634. The lowest BCUT2D eigenvalue weighted by molar-refractivity contribution is 0.287. The van der Waals surface area contributed by atoms with Crippen molar-refractivity contribution < 1.29 is 27.4 Å². The minimum Gasteiger partial charge on any atom is -0.493 e. The molecule has 0 radical (unpaired) electrons. The molecule has 0 aliphatic rings. The van der Waals surface area contributed by atoms with Crippen LogP contribution in [0.15, 0.2) is 41.3 Å². The Balaban J connectivity index is 2.28. The minimum absolute atomic E-state index is 0.143. The van der Waals surface area contributed by atoms with Crippen LogP contribution in [-0.2, 0) is 16.6 Å². The van der Waals surface area contributed by atoms with Crippen LogP contribution in [0.3, 0.4) is 0 Å². The fraction of sp³-hybridized carbons (Fsp3) is 0.429. The molecule has 2 rings (SSSR count). The minimum atomic E-state index is -3.72. The smallest absolute Gasteiger partial charge is 0.243 e. The van der Waals surface area contributed by atoms with Gasteiger partial charge in [0.2, 0.25) is 10.0 Å². The van der Waals surface area contributed by atoms with E-state index < -0.39 is 10.0 Å². The fourth-order valence-electron chi connectivity index (χ4n) is 2.80. The summed E-state index contributed by atoms with van der Waals surface area (Å²) in [6, 6.07) is 10.0. The van der Waals surface area contributed by atoms with Crippen molar-refractivity contribution >= 4 is 10.0 Å². The Bertz CT molecular complexity index is 913. The second kappa shape index (κ2) is 10.4. The molecule has 7 nitrogen and oxygen atoms in total. The van der Waals surface area contributed by atoms with Gasteiger partial charge in [0.05, 0.1) is 31.8 Å². The number of nitrogens with zero attached hydrogens (tertiary/aromatic N) is 1.